The summed E-state index contributed by atoms with van der Waals surface area (Å²) in [6, 6.07) is 7.63. The average molecular weight is 366 g/mol. The molecular formula is C18H24ClN3O3. The summed E-state index contributed by atoms with van der Waals surface area (Å²) < 4.78 is 0. The second-order valence-corrected chi connectivity index (χ2v) is 7.31. The summed E-state index contributed by atoms with van der Waals surface area (Å²) in [5, 5.41) is 15.4. The van der Waals surface area contributed by atoms with Crippen molar-refractivity contribution in [2.45, 2.75) is 18.8 Å². The zero-order valence-corrected chi connectivity index (χ0v) is 14.8. The summed E-state index contributed by atoms with van der Waals surface area (Å²) >= 11 is 5.98. The maximum Gasteiger partial charge on any atom is 0.404 e. The molecule has 6 nitrogen and oxygen atoms in total. The maximum atomic E-state index is 12.9. The minimum Gasteiger partial charge on any atom is -0.465 e. The van der Waals surface area contributed by atoms with E-state index in [-0.39, 0.29) is 23.7 Å². The van der Waals surface area contributed by atoms with Crippen LogP contribution >= 0.6 is 11.6 Å². The number of hydrogen-bond acceptors (Lipinski definition) is 3. The molecule has 0 aromatic heterocycles. The lowest BCUT2D eigenvalue weighted by molar-refractivity contribution is -0.135. The summed E-state index contributed by atoms with van der Waals surface area (Å²) in [4.78, 5) is 25.7. The van der Waals surface area contributed by atoms with E-state index in [2.05, 4.69) is 10.6 Å². The third-order valence-electron chi connectivity index (χ3n) is 5.25. The van der Waals surface area contributed by atoms with E-state index in [0.29, 0.717) is 24.7 Å². The Morgan fingerprint density at radius 1 is 1.20 bits per heavy atom. The van der Waals surface area contributed by atoms with E-state index in [1.54, 1.807) is 0 Å². The van der Waals surface area contributed by atoms with E-state index in [4.69, 9.17) is 16.7 Å². The molecule has 0 aliphatic carbocycles. The molecule has 0 saturated carbocycles. The van der Waals surface area contributed by atoms with Crippen LogP contribution in [0.1, 0.15) is 24.3 Å². The predicted octanol–water partition coefficient (Wildman–Crippen LogP) is 2.15. The first-order chi connectivity index (χ1) is 12.0. The lowest BCUT2D eigenvalue weighted by Crippen LogP contribution is -2.40. The van der Waals surface area contributed by atoms with Crippen LogP contribution in [-0.4, -0.2) is 54.7 Å². The van der Waals surface area contributed by atoms with Crippen molar-refractivity contribution in [2.75, 3.05) is 32.7 Å². The van der Waals surface area contributed by atoms with Gasteiger partial charge in [-0.3, -0.25) is 4.79 Å². The highest BCUT2D eigenvalue weighted by molar-refractivity contribution is 6.30. The fourth-order valence-corrected chi connectivity index (χ4v) is 4.02. The molecule has 0 unspecified atom stereocenters. The van der Waals surface area contributed by atoms with Crippen LogP contribution in [0, 0.1) is 11.8 Å². The summed E-state index contributed by atoms with van der Waals surface area (Å²) in [5.41, 5.74) is 1.10. The van der Waals surface area contributed by atoms with E-state index in [0.717, 1.165) is 31.5 Å². The minimum atomic E-state index is -1.03. The normalized spacial score (nSPS) is 24.3. The molecule has 0 bridgehead atoms. The second-order valence-electron chi connectivity index (χ2n) is 6.87. The summed E-state index contributed by atoms with van der Waals surface area (Å²) in [7, 11) is 0. The Balaban J connectivity index is 1.73. The van der Waals surface area contributed by atoms with Crippen molar-refractivity contribution in [2.24, 2.45) is 11.8 Å². The van der Waals surface area contributed by atoms with Crippen LogP contribution in [0.15, 0.2) is 24.3 Å². The maximum absolute atomic E-state index is 12.9. The molecule has 1 aromatic rings. The van der Waals surface area contributed by atoms with E-state index in [1.807, 2.05) is 29.2 Å². The largest absolute Gasteiger partial charge is 0.465 e. The molecule has 3 N–H and O–H groups in total. The fourth-order valence-electron chi connectivity index (χ4n) is 3.89. The summed E-state index contributed by atoms with van der Waals surface area (Å²) in [5.74, 6) is 0.481. The summed E-state index contributed by atoms with van der Waals surface area (Å²) in [6.45, 7) is 3.34. The number of halogens is 1. The highest BCUT2D eigenvalue weighted by Crippen LogP contribution is 2.34. The van der Waals surface area contributed by atoms with Gasteiger partial charge >= 0.3 is 6.09 Å². The number of likely N-dealkylation sites (tertiary alicyclic amines) is 1. The van der Waals surface area contributed by atoms with Gasteiger partial charge in [0.2, 0.25) is 5.91 Å². The van der Waals surface area contributed by atoms with Gasteiger partial charge in [0.25, 0.3) is 0 Å². The van der Waals surface area contributed by atoms with Crippen LogP contribution in [0.4, 0.5) is 4.79 Å². The van der Waals surface area contributed by atoms with Gasteiger partial charge in [-0.05, 0) is 43.6 Å². The standard InChI is InChI=1S/C18H24ClN3O3/c19-15-3-1-12(2-4-15)16-11-22(10-14(16)9-21-18(24)25)17(23)13-5-7-20-8-6-13/h1-4,13-14,16,20-21H,5-11H2,(H,24,25)/t14-,16-/m0/s1. The van der Waals surface area contributed by atoms with Gasteiger partial charge in [0.1, 0.15) is 0 Å². The molecule has 2 aliphatic heterocycles. The van der Waals surface area contributed by atoms with E-state index in [1.165, 1.54) is 0 Å². The number of carboxylic acid groups (broad SMARTS) is 1. The van der Waals surface area contributed by atoms with Crippen molar-refractivity contribution in [3.05, 3.63) is 34.9 Å². The predicted molar refractivity (Wildman–Crippen MR) is 95.9 cm³/mol. The molecular weight excluding hydrogens is 342 g/mol. The van der Waals surface area contributed by atoms with Crippen molar-refractivity contribution in [3.63, 3.8) is 0 Å². The van der Waals surface area contributed by atoms with Gasteiger partial charge in [0, 0.05) is 42.4 Å². The van der Waals surface area contributed by atoms with Crippen molar-refractivity contribution in [1.29, 1.82) is 0 Å². The number of carbonyl (C=O) groups excluding carboxylic acids is 1. The molecule has 0 spiro atoms. The second kappa shape index (κ2) is 8.06. The van der Waals surface area contributed by atoms with Gasteiger partial charge < -0.3 is 20.6 Å². The Bertz CT molecular complexity index is 616. The van der Waals surface area contributed by atoms with Gasteiger partial charge in [0.15, 0.2) is 0 Å². The Hall–Kier alpha value is -1.79. The number of amides is 2. The van der Waals surface area contributed by atoms with Gasteiger partial charge in [-0.25, -0.2) is 4.79 Å². The molecule has 3 rings (SSSR count). The number of piperidine rings is 1. The zero-order chi connectivity index (χ0) is 17.8. The highest BCUT2D eigenvalue weighted by Gasteiger charge is 2.38. The Morgan fingerprint density at radius 2 is 1.88 bits per heavy atom. The Morgan fingerprint density at radius 3 is 2.52 bits per heavy atom. The van der Waals surface area contributed by atoms with Crippen molar-refractivity contribution >= 4 is 23.6 Å². The first kappa shape index (κ1) is 18.0. The number of nitrogens with one attached hydrogen (secondary N) is 2. The molecule has 25 heavy (non-hydrogen) atoms. The van der Waals surface area contributed by atoms with Gasteiger partial charge in [-0.15, -0.1) is 0 Å². The summed E-state index contributed by atoms with van der Waals surface area (Å²) in [6.07, 6.45) is 0.718. The lowest BCUT2D eigenvalue weighted by Gasteiger charge is -2.27. The number of benzene rings is 1. The van der Waals surface area contributed by atoms with Crippen LogP contribution < -0.4 is 10.6 Å². The topological polar surface area (TPSA) is 81.7 Å². The molecule has 2 amide bonds. The minimum absolute atomic E-state index is 0.0722. The van der Waals surface area contributed by atoms with E-state index >= 15 is 0 Å². The first-order valence-corrected chi connectivity index (χ1v) is 9.14. The molecule has 136 valence electrons. The van der Waals surface area contributed by atoms with Crippen molar-refractivity contribution < 1.29 is 14.7 Å². The SMILES string of the molecule is O=C(O)NC[C@H]1CN(C(=O)C2CCNCC2)C[C@H]1c1ccc(Cl)cc1. The molecule has 7 heteroatoms. The molecule has 2 atom stereocenters. The van der Waals surface area contributed by atoms with E-state index in [9.17, 15) is 9.59 Å². The van der Waals surface area contributed by atoms with Gasteiger partial charge in [-0.1, -0.05) is 23.7 Å². The third-order valence-corrected chi connectivity index (χ3v) is 5.51. The monoisotopic (exact) mass is 365 g/mol. The quantitative estimate of drug-likeness (QED) is 0.763. The number of rotatable bonds is 4. The van der Waals surface area contributed by atoms with Crippen LogP contribution in [0.2, 0.25) is 5.02 Å². The molecule has 2 heterocycles. The average Bonchev–Trinajstić information content (AvgIpc) is 3.05. The molecule has 2 aliphatic rings. The van der Waals surface area contributed by atoms with Gasteiger partial charge in [-0.2, -0.15) is 0 Å². The molecule has 1 aromatic carbocycles. The lowest BCUT2D eigenvalue weighted by atomic mass is 9.89. The fraction of sp³-hybridized carbons (Fsp3) is 0.556. The number of hydrogen-bond donors (Lipinski definition) is 3. The van der Waals surface area contributed by atoms with Crippen molar-refractivity contribution in [3.8, 4) is 0 Å². The number of nitrogens with zero attached hydrogens (tertiary/aromatic N) is 1. The molecule has 0 radical (unpaired) electrons. The van der Waals surface area contributed by atoms with Crippen LogP contribution in [0.25, 0.3) is 0 Å². The molecule has 2 saturated heterocycles. The van der Waals surface area contributed by atoms with Crippen LogP contribution in [0.3, 0.4) is 0 Å². The van der Waals surface area contributed by atoms with Crippen LogP contribution in [-0.2, 0) is 4.79 Å². The molecule has 2 fully saturated rings. The number of carbonyl (C=O) groups is 2. The smallest absolute Gasteiger partial charge is 0.404 e. The van der Waals surface area contributed by atoms with Gasteiger partial charge in [0.05, 0.1) is 0 Å². The Kier molecular flexibility index (Phi) is 5.81. The first-order valence-electron chi connectivity index (χ1n) is 8.76. The Labute approximate surface area is 152 Å². The zero-order valence-electron chi connectivity index (χ0n) is 14.1. The van der Waals surface area contributed by atoms with Crippen LogP contribution in [0.5, 0.6) is 0 Å². The van der Waals surface area contributed by atoms with Crippen molar-refractivity contribution in [1.82, 2.24) is 15.5 Å². The highest BCUT2D eigenvalue weighted by atomic mass is 35.5. The third kappa shape index (κ3) is 4.44. The van der Waals surface area contributed by atoms with E-state index < -0.39 is 6.09 Å².